The van der Waals surface area contributed by atoms with E-state index in [1.165, 1.54) is 13.2 Å². The molecule has 0 bridgehead atoms. The Bertz CT molecular complexity index is 1830. The van der Waals surface area contributed by atoms with Gasteiger partial charge >= 0.3 is 28.4 Å². The van der Waals surface area contributed by atoms with E-state index >= 15 is 0 Å². The van der Waals surface area contributed by atoms with Crippen LogP contribution in [-0.2, 0) is 28.2 Å². The van der Waals surface area contributed by atoms with Crippen molar-refractivity contribution in [2.24, 2.45) is 0 Å². The molecule has 3 heterocycles. The van der Waals surface area contributed by atoms with Gasteiger partial charge in [0.15, 0.2) is 5.75 Å². The smallest absolute Gasteiger partial charge is 0.405 e. The van der Waals surface area contributed by atoms with Gasteiger partial charge in [0, 0.05) is 6.07 Å². The predicted octanol–water partition coefficient (Wildman–Crippen LogP) is 1.06. The van der Waals surface area contributed by atoms with Crippen LogP contribution in [0.1, 0.15) is 21.6 Å². The van der Waals surface area contributed by atoms with Crippen LogP contribution in [0.25, 0.3) is 0 Å². The van der Waals surface area contributed by atoms with E-state index in [1.54, 1.807) is 4.72 Å². The Hall–Kier alpha value is -6.11. The van der Waals surface area contributed by atoms with Gasteiger partial charge in [-0.2, -0.15) is 8.42 Å². The number of rotatable bonds is 12. The van der Waals surface area contributed by atoms with Crippen LogP contribution in [0.5, 0.6) is 17.4 Å². The number of nitrogens with one attached hydrogen (secondary N) is 3. The van der Waals surface area contributed by atoms with Crippen molar-refractivity contribution in [3.05, 3.63) is 83.6 Å². The summed E-state index contributed by atoms with van der Waals surface area (Å²) in [4.78, 5) is 66.0. The lowest BCUT2D eigenvalue weighted by Gasteiger charge is -2.36. The molecular formula is C29H29N7O11S. The Labute approximate surface area is 273 Å². The Balaban J connectivity index is 1.28. The van der Waals surface area contributed by atoms with E-state index < -0.39 is 59.3 Å². The second-order valence-corrected chi connectivity index (χ2v) is 11.8. The Morgan fingerprint density at radius 2 is 1.58 bits per heavy atom. The van der Waals surface area contributed by atoms with E-state index in [4.69, 9.17) is 19.3 Å². The minimum absolute atomic E-state index is 0.0948. The molecular weight excluding hydrogens is 654 g/mol. The van der Waals surface area contributed by atoms with Gasteiger partial charge in [0.1, 0.15) is 24.9 Å². The van der Waals surface area contributed by atoms with Gasteiger partial charge in [-0.3, -0.25) is 19.9 Å². The number of nitrogens with zero attached hydrogens (tertiary/aromatic N) is 4. The number of benzene rings is 2. The standard InChI is InChI=1S/C29H29N7O11S/c1-45-25-23(47-17-19-10-6-3-7-11-19)22(46-16-18-8-4-2-5-9-18)14-20(30-25)24(37)32-35-12-13-36(29(35)42)48(43,44)33-27(39)34-15-21(26(34)38)31-28(40)41/h2-11,14,21,31H,12-13,15-17H2,1H3,(H,32,37)(H,33,39)(H,40,41). The number of amides is 7. The fraction of sp³-hybridized carbons (Fsp3) is 0.241. The third-order valence-corrected chi connectivity index (χ3v) is 8.33. The number of likely N-dealkylation sites (tertiary alicyclic amines) is 1. The molecule has 18 nitrogen and oxygen atoms in total. The highest BCUT2D eigenvalue weighted by molar-refractivity contribution is 7.88. The molecule has 0 spiro atoms. The molecule has 0 radical (unpaired) electrons. The summed E-state index contributed by atoms with van der Waals surface area (Å²) in [5.41, 5.74) is 3.69. The number of hydrogen-bond acceptors (Lipinski definition) is 11. The fourth-order valence-electron chi connectivity index (χ4n) is 4.56. The van der Waals surface area contributed by atoms with Crippen LogP contribution in [-0.4, -0.2) is 95.5 Å². The quantitative estimate of drug-likeness (QED) is 0.197. The number of carbonyl (C=O) groups is 5. The molecule has 2 aliphatic heterocycles. The van der Waals surface area contributed by atoms with Crippen molar-refractivity contribution in [1.82, 2.24) is 34.7 Å². The number of carboxylic acid groups (broad SMARTS) is 1. The molecule has 252 valence electrons. The van der Waals surface area contributed by atoms with Gasteiger partial charge < -0.3 is 24.6 Å². The van der Waals surface area contributed by atoms with Crippen LogP contribution in [0.15, 0.2) is 66.7 Å². The number of hydrazine groups is 1. The average Bonchev–Trinajstić information content (AvgIpc) is 3.44. The molecule has 1 unspecified atom stereocenters. The zero-order valence-corrected chi connectivity index (χ0v) is 26.0. The minimum atomic E-state index is -4.82. The maximum atomic E-state index is 13.3. The molecule has 0 aliphatic carbocycles. The Morgan fingerprint density at radius 1 is 0.958 bits per heavy atom. The highest BCUT2D eigenvalue weighted by Crippen LogP contribution is 2.37. The third kappa shape index (κ3) is 7.47. The third-order valence-electron chi connectivity index (χ3n) is 6.98. The van der Waals surface area contributed by atoms with Gasteiger partial charge in [-0.15, -0.1) is 0 Å². The van der Waals surface area contributed by atoms with Crippen LogP contribution in [0, 0.1) is 0 Å². The summed E-state index contributed by atoms with van der Waals surface area (Å²) < 4.78 is 44.9. The molecule has 19 heteroatoms. The van der Waals surface area contributed by atoms with E-state index in [-0.39, 0.29) is 47.1 Å². The topological polar surface area (TPSA) is 226 Å². The number of urea groups is 2. The Morgan fingerprint density at radius 3 is 2.17 bits per heavy atom. The zero-order valence-electron chi connectivity index (χ0n) is 25.2. The van der Waals surface area contributed by atoms with Crippen molar-refractivity contribution in [3.8, 4) is 17.4 Å². The first-order valence-electron chi connectivity index (χ1n) is 14.2. The van der Waals surface area contributed by atoms with E-state index in [0.29, 0.717) is 9.91 Å². The summed E-state index contributed by atoms with van der Waals surface area (Å²) in [6.07, 6.45) is -1.50. The van der Waals surface area contributed by atoms with Crippen LogP contribution in [0.3, 0.4) is 0 Å². The molecule has 48 heavy (non-hydrogen) atoms. The van der Waals surface area contributed by atoms with Crippen molar-refractivity contribution in [2.45, 2.75) is 19.3 Å². The van der Waals surface area contributed by atoms with Crippen LogP contribution >= 0.6 is 0 Å². The molecule has 7 amide bonds. The fourth-order valence-corrected chi connectivity index (χ4v) is 5.62. The molecule has 3 aromatic rings. The second-order valence-electron chi connectivity index (χ2n) is 10.2. The summed E-state index contributed by atoms with van der Waals surface area (Å²) in [6.45, 7) is -0.958. The maximum Gasteiger partial charge on any atom is 0.405 e. The van der Waals surface area contributed by atoms with E-state index in [0.717, 1.165) is 11.1 Å². The largest absolute Gasteiger partial charge is 0.485 e. The molecule has 1 aromatic heterocycles. The van der Waals surface area contributed by atoms with Crippen LogP contribution in [0.4, 0.5) is 14.4 Å². The summed E-state index contributed by atoms with van der Waals surface area (Å²) in [5, 5.41) is 11.3. The van der Waals surface area contributed by atoms with Gasteiger partial charge in [-0.25, -0.2) is 33.4 Å². The van der Waals surface area contributed by atoms with Crippen molar-refractivity contribution < 1.29 is 51.7 Å². The summed E-state index contributed by atoms with van der Waals surface area (Å²) in [7, 11) is -3.51. The van der Waals surface area contributed by atoms with Gasteiger partial charge in [0.05, 0.1) is 26.7 Å². The maximum absolute atomic E-state index is 13.3. The first-order chi connectivity index (χ1) is 23.0. The van der Waals surface area contributed by atoms with Crippen molar-refractivity contribution in [1.29, 1.82) is 0 Å². The number of pyridine rings is 1. The SMILES string of the molecule is COc1nc(C(=O)NN2CCN(S(=O)(=O)NC(=O)N3CC(NC(=O)O)C3=O)C2=O)cc(OCc2ccccc2)c1OCc1ccccc1. The molecule has 2 fully saturated rings. The zero-order chi connectivity index (χ0) is 34.4. The number of aromatic nitrogens is 1. The molecule has 2 aliphatic rings. The normalized spacial score (nSPS) is 15.8. The summed E-state index contributed by atoms with van der Waals surface area (Å²) >= 11 is 0. The van der Waals surface area contributed by atoms with Crippen molar-refractivity contribution in [3.63, 3.8) is 0 Å². The molecule has 0 saturated carbocycles. The monoisotopic (exact) mass is 683 g/mol. The molecule has 2 aromatic carbocycles. The lowest BCUT2D eigenvalue weighted by molar-refractivity contribution is -0.138. The van der Waals surface area contributed by atoms with Crippen molar-refractivity contribution in [2.75, 3.05) is 26.7 Å². The number of ether oxygens (including phenoxy) is 3. The van der Waals surface area contributed by atoms with E-state index in [2.05, 4.69) is 10.4 Å². The molecule has 2 saturated heterocycles. The van der Waals surface area contributed by atoms with E-state index in [1.807, 2.05) is 66.0 Å². The van der Waals surface area contributed by atoms with Gasteiger partial charge in [0.2, 0.25) is 5.75 Å². The predicted molar refractivity (Wildman–Crippen MR) is 163 cm³/mol. The first-order valence-corrected chi connectivity index (χ1v) is 15.6. The van der Waals surface area contributed by atoms with Gasteiger partial charge in [0.25, 0.3) is 17.7 Å². The van der Waals surface area contributed by atoms with Crippen LogP contribution < -0.4 is 29.7 Å². The van der Waals surface area contributed by atoms with Crippen LogP contribution in [0.2, 0.25) is 0 Å². The lowest BCUT2D eigenvalue weighted by Crippen LogP contribution is -2.67. The highest BCUT2D eigenvalue weighted by atomic mass is 32.2. The number of methoxy groups -OCH3 is 1. The number of imide groups is 1. The number of hydrogen-bond donors (Lipinski definition) is 4. The number of β-lactam (4-membered cyclic amide) rings is 1. The van der Waals surface area contributed by atoms with Gasteiger partial charge in [-0.05, 0) is 11.1 Å². The van der Waals surface area contributed by atoms with E-state index in [9.17, 15) is 32.4 Å². The Kier molecular flexibility index (Phi) is 9.78. The summed E-state index contributed by atoms with van der Waals surface area (Å²) in [6, 6.07) is 15.9. The molecule has 5 rings (SSSR count). The molecule has 4 N–H and O–H groups in total. The lowest BCUT2D eigenvalue weighted by atomic mass is 10.1. The second kappa shape index (κ2) is 14.1. The number of carbonyl (C=O) groups excluding carboxylic acids is 4. The van der Waals surface area contributed by atoms with Gasteiger partial charge in [-0.1, -0.05) is 60.7 Å². The molecule has 1 atom stereocenters. The first kappa shape index (κ1) is 33.3. The summed E-state index contributed by atoms with van der Waals surface area (Å²) in [5.74, 6) is -1.77. The average molecular weight is 684 g/mol. The highest BCUT2D eigenvalue weighted by Gasteiger charge is 2.45. The minimum Gasteiger partial charge on any atom is -0.485 e. The van der Waals surface area contributed by atoms with Crippen molar-refractivity contribution >= 4 is 40.2 Å².